The standard InChI is InChI=1S/C15H22Cl2N2.ClH/c1-2-3-4-11-10-19(8-7-15(11)18)12-5-6-13(16)14(17)9-12;/h5-6,9,11,15H,2-4,7-8,10,18H2,1H3;1H. The molecule has 2 rings (SSSR count). The van der Waals surface area contributed by atoms with Crippen molar-refractivity contribution in [2.45, 2.75) is 38.6 Å². The van der Waals surface area contributed by atoms with Gasteiger partial charge in [0, 0.05) is 24.8 Å². The molecule has 2 atom stereocenters. The summed E-state index contributed by atoms with van der Waals surface area (Å²) >= 11 is 12.1. The summed E-state index contributed by atoms with van der Waals surface area (Å²) < 4.78 is 0. The lowest BCUT2D eigenvalue weighted by molar-refractivity contribution is 0.330. The van der Waals surface area contributed by atoms with Crippen LogP contribution in [-0.2, 0) is 0 Å². The second-order valence-corrected chi connectivity index (χ2v) is 6.21. The average molecular weight is 338 g/mol. The lowest BCUT2D eigenvalue weighted by Crippen LogP contribution is -2.47. The van der Waals surface area contributed by atoms with E-state index in [4.69, 9.17) is 28.9 Å². The zero-order chi connectivity index (χ0) is 13.8. The molecule has 0 bridgehead atoms. The molecule has 1 saturated heterocycles. The normalized spacial score (nSPS) is 22.5. The summed E-state index contributed by atoms with van der Waals surface area (Å²) in [6, 6.07) is 6.21. The first-order valence-corrected chi connectivity index (χ1v) is 7.83. The number of anilines is 1. The van der Waals surface area contributed by atoms with E-state index in [0.717, 1.165) is 25.2 Å². The molecule has 2 N–H and O–H groups in total. The third kappa shape index (κ3) is 4.42. The number of benzene rings is 1. The van der Waals surface area contributed by atoms with E-state index in [1.807, 2.05) is 18.2 Å². The van der Waals surface area contributed by atoms with Crippen molar-refractivity contribution in [2.75, 3.05) is 18.0 Å². The Morgan fingerprint density at radius 3 is 2.70 bits per heavy atom. The van der Waals surface area contributed by atoms with E-state index in [1.54, 1.807) is 0 Å². The van der Waals surface area contributed by atoms with Gasteiger partial charge in [0.2, 0.25) is 0 Å². The molecular weight excluding hydrogens is 315 g/mol. The predicted molar refractivity (Wildman–Crippen MR) is 91.5 cm³/mol. The number of nitrogens with two attached hydrogens (primary N) is 1. The fourth-order valence-corrected chi connectivity index (χ4v) is 3.03. The summed E-state index contributed by atoms with van der Waals surface area (Å²) in [5.41, 5.74) is 7.40. The minimum atomic E-state index is 0. The van der Waals surface area contributed by atoms with Crippen LogP contribution in [0.4, 0.5) is 5.69 Å². The van der Waals surface area contributed by atoms with E-state index in [0.29, 0.717) is 22.0 Å². The molecule has 0 radical (unpaired) electrons. The highest BCUT2D eigenvalue weighted by molar-refractivity contribution is 6.42. The van der Waals surface area contributed by atoms with E-state index >= 15 is 0 Å². The maximum absolute atomic E-state index is 6.24. The molecule has 5 heteroatoms. The number of nitrogens with zero attached hydrogens (tertiary/aromatic N) is 1. The van der Waals surface area contributed by atoms with Crippen molar-refractivity contribution in [2.24, 2.45) is 11.7 Å². The first kappa shape index (κ1) is 17.9. The van der Waals surface area contributed by atoms with Crippen LogP contribution >= 0.6 is 35.6 Å². The van der Waals surface area contributed by atoms with Gasteiger partial charge in [-0.2, -0.15) is 0 Å². The van der Waals surface area contributed by atoms with Gasteiger partial charge in [-0.1, -0.05) is 43.0 Å². The topological polar surface area (TPSA) is 29.3 Å². The highest BCUT2D eigenvalue weighted by Crippen LogP contribution is 2.30. The lowest BCUT2D eigenvalue weighted by Gasteiger charge is -2.38. The molecule has 20 heavy (non-hydrogen) atoms. The van der Waals surface area contributed by atoms with Gasteiger partial charge >= 0.3 is 0 Å². The summed E-state index contributed by atoms with van der Waals surface area (Å²) in [5, 5.41) is 1.24. The number of piperidine rings is 1. The molecule has 0 aromatic heterocycles. The van der Waals surface area contributed by atoms with Crippen molar-refractivity contribution < 1.29 is 0 Å². The molecule has 1 aromatic carbocycles. The molecule has 0 aliphatic carbocycles. The molecule has 0 spiro atoms. The fraction of sp³-hybridized carbons (Fsp3) is 0.600. The van der Waals surface area contributed by atoms with E-state index in [2.05, 4.69) is 11.8 Å². The molecular formula is C15H23Cl3N2. The van der Waals surface area contributed by atoms with E-state index in [-0.39, 0.29) is 12.4 Å². The lowest BCUT2D eigenvalue weighted by atomic mass is 9.88. The van der Waals surface area contributed by atoms with Crippen LogP contribution in [0.25, 0.3) is 0 Å². The molecule has 1 fully saturated rings. The van der Waals surface area contributed by atoms with Gasteiger partial charge in [-0.25, -0.2) is 0 Å². The monoisotopic (exact) mass is 336 g/mol. The van der Waals surface area contributed by atoms with Crippen molar-refractivity contribution in [1.29, 1.82) is 0 Å². The molecule has 1 aliphatic rings. The Balaban J connectivity index is 0.00000200. The summed E-state index contributed by atoms with van der Waals surface area (Å²) in [7, 11) is 0. The average Bonchev–Trinajstić information content (AvgIpc) is 2.41. The van der Waals surface area contributed by atoms with Crippen LogP contribution < -0.4 is 10.6 Å². The van der Waals surface area contributed by atoms with Crippen molar-refractivity contribution >= 4 is 41.3 Å². The first-order valence-electron chi connectivity index (χ1n) is 7.07. The highest BCUT2D eigenvalue weighted by Gasteiger charge is 2.26. The number of halogens is 3. The molecule has 1 aromatic rings. The molecule has 114 valence electrons. The molecule has 1 aliphatic heterocycles. The Morgan fingerprint density at radius 1 is 1.30 bits per heavy atom. The summed E-state index contributed by atoms with van der Waals surface area (Å²) in [6.07, 6.45) is 4.76. The maximum Gasteiger partial charge on any atom is 0.0612 e. The van der Waals surface area contributed by atoms with Gasteiger partial charge in [0.25, 0.3) is 0 Å². The number of rotatable bonds is 4. The van der Waals surface area contributed by atoms with Crippen LogP contribution in [0.15, 0.2) is 18.2 Å². The Kier molecular flexibility index (Phi) is 7.46. The summed E-state index contributed by atoms with van der Waals surface area (Å²) in [5.74, 6) is 0.586. The zero-order valence-electron chi connectivity index (χ0n) is 11.8. The highest BCUT2D eigenvalue weighted by atomic mass is 35.5. The van der Waals surface area contributed by atoms with Gasteiger partial charge in [0.15, 0.2) is 0 Å². The quantitative estimate of drug-likeness (QED) is 0.858. The predicted octanol–water partition coefficient (Wildman–Crippen LogP) is 4.76. The largest absolute Gasteiger partial charge is 0.371 e. The molecule has 0 amide bonds. The minimum absolute atomic E-state index is 0. The van der Waals surface area contributed by atoms with Gasteiger partial charge in [0.1, 0.15) is 0 Å². The number of unbranched alkanes of at least 4 members (excludes halogenated alkanes) is 1. The maximum atomic E-state index is 6.24. The Labute approximate surface area is 138 Å². The minimum Gasteiger partial charge on any atom is -0.371 e. The van der Waals surface area contributed by atoms with Crippen molar-refractivity contribution in [3.63, 3.8) is 0 Å². The Hall–Kier alpha value is -0.150. The van der Waals surface area contributed by atoms with Crippen LogP contribution in [0.5, 0.6) is 0 Å². The van der Waals surface area contributed by atoms with Crippen molar-refractivity contribution in [3.8, 4) is 0 Å². The van der Waals surface area contributed by atoms with Gasteiger partial charge in [-0.3, -0.25) is 0 Å². The Morgan fingerprint density at radius 2 is 2.05 bits per heavy atom. The second kappa shape index (κ2) is 8.33. The number of hydrogen-bond acceptors (Lipinski definition) is 2. The molecule has 1 heterocycles. The zero-order valence-corrected chi connectivity index (χ0v) is 14.1. The molecule has 2 nitrogen and oxygen atoms in total. The summed E-state index contributed by atoms with van der Waals surface area (Å²) in [6.45, 7) is 4.26. The van der Waals surface area contributed by atoms with Crippen LogP contribution in [-0.4, -0.2) is 19.1 Å². The van der Waals surface area contributed by atoms with Gasteiger partial charge in [-0.15, -0.1) is 12.4 Å². The third-order valence-electron chi connectivity index (χ3n) is 3.99. The van der Waals surface area contributed by atoms with Crippen molar-refractivity contribution in [3.05, 3.63) is 28.2 Å². The van der Waals surface area contributed by atoms with Gasteiger partial charge < -0.3 is 10.6 Å². The first-order chi connectivity index (χ1) is 9.11. The number of hydrogen-bond donors (Lipinski definition) is 1. The SMILES string of the molecule is CCCCC1CN(c2ccc(Cl)c(Cl)c2)CCC1N.Cl. The van der Waals surface area contributed by atoms with Crippen molar-refractivity contribution in [1.82, 2.24) is 0 Å². The second-order valence-electron chi connectivity index (χ2n) is 5.40. The Bertz CT molecular complexity index is 426. The molecule has 2 unspecified atom stereocenters. The van der Waals surface area contributed by atoms with Gasteiger partial charge in [-0.05, 0) is 37.0 Å². The van der Waals surface area contributed by atoms with Crippen LogP contribution in [0.1, 0.15) is 32.6 Å². The van der Waals surface area contributed by atoms with Crippen LogP contribution in [0, 0.1) is 5.92 Å². The van der Waals surface area contributed by atoms with Crippen LogP contribution in [0.3, 0.4) is 0 Å². The van der Waals surface area contributed by atoms with E-state index < -0.39 is 0 Å². The smallest absolute Gasteiger partial charge is 0.0612 e. The fourth-order valence-electron chi connectivity index (χ4n) is 2.74. The third-order valence-corrected chi connectivity index (χ3v) is 4.73. The van der Waals surface area contributed by atoms with E-state index in [1.165, 1.54) is 19.3 Å². The van der Waals surface area contributed by atoms with E-state index in [9.17, 15) is 0 Å². The van der Waals surface area contributed by atoms with Crippen LogP contribution in [0.2, 0.25) is 10.0 Å². The molecule has 0 saturated carbocycles. The van der Waals surface area contributed by atoms with Gasteiger partial charge in [0.05, 0.1) is 10.0 Å². The summed E-state index contributed by atoms with van der Waals surface area (Å²) in [4.78, 5) is 2.38.